The van der Waals surface area contributed by atoms with Crippen LogP contribution in [-0.2, 0) is 25.7 Å². The van der Waals surface area contributed by atoms with E-state index in [4.69, 9.17) is 0 Å². The van der Waals surface area contributed by atoms with Crippen molar-refractivity contribution in [3.8, 4) is 11.1 Å². The molecule has 0 amide bonds. The molecule has 3 aromatic rings. The summed E-state index contributed by atoms with van der Waals surface area (Å²) in [5.74, 6) is 0.648. The molecule has 1 heterocycles. The van der Waals surface area contributed by atoms with Crippen LogP contribution < -0.4 is 0 Å². The number of hydrogen-bond acceptors (Lipinski definition) is 1. The summed E-state index contributed by atoms with van der Waals surface area (Å²) in [6, 6.07) is 18.1. The lowest BCUT2D eigenvalue weighted by Crippen LogP contribution is -2.17. The number of aromatic nitrogens is 1. The van der Waals surface area contributed by atoms with Gasteiger partial charge >= 0.3 is 0 Å². The second kappa shape index (κ2) is 5.59. The fourth-order valence-corrected chi connectivity index (χ4v) is 4.65. The van der Waals surface area contributed by atoms with Gasteiger partial charge in [-0.05, 0) is 89.1 Å². The van der Waals surface area contributed by atoms with Crippen LogP contribution in [0.4, 0.5) is 0 Å². The van der Waals surface area contributed by atoms with Crippen LogP contribution in [0.1, 0.15) is 40.2 Å². The number of nitrogens with zero attached hydrogens (tertiary/aromatic N) is 1. The van der Waals surface area contributed by atoms with Crippen LogP contribution in [0.3, 0.4) is 0 Å². The highest BCUT2D eigenvalue weighted by Crippen LogP contribution is 2.41. The topological polar surface area (TPSA) is 12.9 Å². The molecule has 0 saturated carbocycles. The number of benzene rings is 2. The molecule has 2 aliphatic rings. The third-order valence-corrected chi connectivity index (χ3v) is 5.87. The van der Waals surface area contributed by atoms with Crippen molar-refractivity contribution in [2.45, 2.75) is 38.0 Å². The molecule has 24 heavy (non-hydrogen) atoms. The fraction of sp³-hybridized carbons (Fsp3) is 0.261. The number of aryl methyl sites for hydroxylation is 1. The minimum Gasteiger partial charge on any atom is -0.265 e. The summed E-state index contributed by atoms with van der Waals surface area (Å²) in [6.45, 7) is 0. The third kappa shape index (κ3) is 2.19. The van der Waals surface area contributed by atoms with Crippen molar-refractivity contribution in [3.63, 3.8) is 0 Å². The van der Waals surface area contributed by atoms with Crippen molar-refractivity contribution in [3.05, 3.63) is 88.7 Å². The summed E-state index contributed by atoms with van der Waals surface area (Å²) >= 11 is 0. The zero-order chi connectivity index (χ0) is 15.9. The molecule has 2 aliphatic carbocycles. The first-order chi connectivity index (χ1) is 11.9. The third-order valence-electron chi connectivity index (χ3n) is 5.87. The van der Waals surface area contributed by atoms with E-state index in [0.717, 1.165) is 0 Å². The molecule has 0 fully saturated rings. The largest absolute Gasteiger partial charge is 0.265 e. The van der Waals surface area contributed by atoms with Gasteiger partial charge in [-0.1, -0.05) is 36.4 Å². The Balaban J connectivity index is 1.55. The van der Waals surface area contributed by atoms with E-state index >= 15 is 0 Å². The van der Waals surface area contributed by atoms with Gasteiger partial charge in [0, 0.05) is 12.4 Å². The van der Waals surface area contributed by atoms with E-state index in [1.165, 1.54) is 54.4 Å². The Morgan fingerprint density at radius 3 is 2.50 bits per heavy atom. The molecular formula is C23H21N. The minimum absolute atomic E-state index is 0.648. The molecule has 1 aromatic heterocycles. The smallest absolute Gasteiger partial charge is 0.0270 e. The maximum Gasteiger partial charge on any atom is 0.0270 e. The Labute approximate surface area is 143 Å². The molecule has 2 aromatic carbocycles. The normalized spacial score (nSPS) is 18.4. The van der Waals surface area contributed by atoms with E-state index in [9.17, 15) is 0 Å². The van der Waals surface area contributed by atoms with Crippen molar-refractivity contribution >= 4 is 0 Å². The zero-order valence-corrected chi connectivity index (χ0v) is 13.8. The van der Waals surface area contributed by atoms with E-state index in [1.807, 2.05) is 12.4 Å². The highest BCUT2D eigenvalue weighted by molar-refractivity contribution is 5.75. The van der Waals surface area contributed by atoms with E-state index in [1.54, 1.807) is 16.7 Å². The van der Waals surface area contributed by atoms with Gasteiger partial charge in [-0.25, -0.2) is 0 Å². The summed E-state index contributed by atoms with van der Waals surface area (Å²) in [5, 5.41) is 0. The average molecular weight is 311 g/mol. The van der Waals surface area contributed by atoms with E-state index < -0.39 is 0 Å². The number of rotatable bonds is 1. The van der Waals surface area contributed by atoms with Crippen molar-refractivity contribution < 1.29 is 0 Å². The van der Waals surface area contributed by atoms with Crippen molar-refractivity contribution in [1.29, 1.82) is 0 Å². The number of hydrogen-bond donors (Lipinski definition) is 0. The van der Waals surface area contributed by atoms with Gasteiger partial charge in [0.25, 0.3) is 0 Å². The molecule has 1 unspecified atom stereocenters. The molecule has 5 rings (SSSR count). The van der Waals surface area contributed by atoms with Gasteiger partial charge in [0.05, 0.1) is 0 Å². The van der Waals surface area contributed by atoms with E-state index in [0.29, 0.717) is 5.92 Å². The molecule has 1 atom stereocenters. The Morgan fingerprint density at radius 2 is 1.58 bits per heavy atom. The molecular weight excluding hydrogens is 290 g/mol. The predicted molar refractivity (Wildman–Crippen MR) is 98.3 cm³/mol. The highest BCUT2D eigenvalue weighted by Gasteiger charge is 2.25. The monoisotopic (exact) mass is 311 g/mol. The summed E-state index contributed by atoms with van der Waals surface area (Å²) < 4.78 is 0. The lowest BCUT2D eigenvalue weighted by molar-refractivity contribution is 0.580. The van der Waals surface area contributed by atoms with Gasteiger partial charge < -0.3 is 0 Å². The van der Waals surface area contributed by atoms with Crippen molar-refractivity contribution in [1.82, 2.24) is 4.98 Å². The van der Waals surface area contributed by atoms with Crippen LogP contribution in [0.5, 0.6) is 0 Å². The highest BCUT2D eigenvalue weighted by atomic mass is 14.6. The summed E-state index contributed by atoms with van der Waals surface area (Å²) in [7, 11) is 0. The second-order valence-electron chi connectivity index (χ2n) is 7.11. The Hall–Kier alpha value is -2.41. The molecule has 0 bridgehead atoms. The number of fused-ring (bicyclic) bond motifs is 5. The van der Waals surface area contributed by atoms with Gasteiger partial charge in [-0.2, -0.15) is 0 Å². The lowest BCUT2D eigenvalue weighted by Gasteiger charge is -2.30. The Kier molecular flexibility index (Phi) is 3.26. The van der Waals surface area contributed by atoms with Gasteiger partial charge in [0.2, 0.25) is 0 Å². The Bertz CT molecular complexity index is 895. The first-order valence-corrected chi connectivity index (χ1v) is 9.02. The quantitative estimate of drug-likeness (QED) is 0.608. The van der Waals surface area contributed by atoms with E-state index in [-0.39, 0.29) is 0 Å². The van der Waals surface area contributed by atoms with Crippen LogP contribution in [0, 0.1) is 0 Å². The second-order valence-corrected chi connectivity index (χ2v) is 7.11. The predicted octanol–water partition coefficient (Wildman–Crippen LogP) is 5.12. The van der Waals surface area contributed by atoms with Gasteiger partial charge in [0.1, 0.15) is 0 Å². The first-order valence-electron chi connectivity index (χ1n) is 9.02. The maximum absolute atomic E-state index is 4.16. The summed E-state index contributed by atoms with van der Waals surface area (Å²) in [5.41, 5.74) is 10.7. The Morgan fingerprint density at radius 1 is 0.708 bits per heavy atom. The summed E-state index contributed by atoms with van der Waals surface area (Å²) in [6.07, 6.45) is 9.89. The maximum atomic E-state index is 4.16. The SMILES string of the molecule is c1ccc2c(c1)CCc1c-2ccc2c1CCC(c1ccncc1)C2. The van der Waals surface area contributed by atoms with Crippen LogP contribution >= 0.6 is 0 Å². The fourth-order valence-electron chi connectivity index (χ4n) is 4.65. The van der Waals surface area contributed by atoms with Crippen molar-refractivity contribution in [2.24, 2.45) is 0 Å². The standard InChI is InChI=1S/C23H21N/c1-2-4-20-17(3-1)5-9-23-21-8-6-18(16-11-13-24-14-12-16)15-19(21)7-10-22(20)23/h1-4,7,10-14,18H,5-6,8-9,15H2. The van der Waals surface area contributed by atoms with Gasteiger partial charge in [-0.3, -0.25) is 4.98 Å². The van der Waals surface area contributed by atoms with Gasteiger partial charge in [-0.15, -0.1) is 0 Å². The van der Waals surface area contributed by atoms with E-state index in [2.05, 4.69) is 53.5 Å². The zero-order valence-electron chi connectivity index (χ0n) is 13.8. The van der Waals surface area contributed by atoms with Crippen LogP contribution in [0.2, 0.25) is 0 Å². The molecule has 0 N–H and O–H groups in total. The summed E-state index contributed by atoms with van der Waals surface area (Å²) in [4.78, 5) is 4.16. The lowest BCUT2D eigenvalue weighted by atomic mass is 9.74. The first kappa shape index (κ1) is 14.0. The molecule has 0 radical (unpaired) electrons. The van der Waals surface area contributed by atoms with Crippen LogP contribution in [0.15, 0.2) is 60.9 Å². The molecule has 118 valence electrons. The minimum atomic E-state index is 0.648. The molecule has 1 heteroatoms. The molecule has 0 spiro atoms. The van der Waals surface area contributed by atoms with Crippen LogP contribution in [0.25, 0.3) is 11.1 Å². The van der Waals surface area contributed by atoms with Crippen LogP contribution in [-0.4, -0.2) is 4.98 Å². The molecule has 1 nitrogen and oxygen atoms in total. The van der Waals surface area contributed by atoms with Crippen molar-refractivity contribution in [2.75, 3.05) is 0 Å². The molecule has 0 aliphatic heterocycles. The molecule has 0 saturated heterocycles. The average Bonchev–Trinajstić information content (AvgIpc) is 2.67. The number of pyridine rings is 1. The van der Waals surface area contributed by atoms with Gasteiger partial charge in [0.15, 0.2) is 0 Å².